The Labute approximate surface area is 128 Å². The van der Waals surface area contributed by atoms with Gasteiger partial charge in [-0.25, -0.2) is 0 Å². The van der Waals surface area contributed by atoms with Crippen molar-refractivity contribution in [1.29, 1.82) is 0 Å². The molecular weight excluding hydrogens is 262 g/mol. The lowest BCUT2D eigenvalue weighted by Gasteiger charge is -2.38. The average molecular weight is 289 g/mol. The van der Waals surface area contributed by atoms with Crippen LogP contribution in [-0.4, -0.2) is 18.8 Å². The molecule has 0 radical (unpaired) electrons. The Hall–Kier alpha value is -1.22. The van der Waals surface area contributed by atoms with Crippen LogP contribution in [0.25, 0.3) is 0 Å². The Morgan fingerprint density at radius 2 is 2.14 bits per heavy atom. The second-order valence-corrected chi connectivity index (χ2v) is 7.03. The van der Waals surface area contributed by atoms with E-state index in [1.54, 1.807) is 0 Å². The molecule has 0 spiro atoms. The third-order valence-corrected chi connectivity index (χ3v) is 4.27. The highest BCUT2D eigenvalue weighted by Gasteiger charge is 2.33. The standard InChI is InChI=1S/C18H27NO2/c1-4-9-19-16-11-18(2,3)21-17-10-14(7-8-15(16)17)20-12-13-5-6-13/h7-8,10,13,16,19H,4-6,9,11-12H2,1-3H3. The van der Waals surface area contributed by atoms with Crippen molar-refractivity contribution in [2.45, 2.75) is 58.1 Å². The highest BCUT2D eigenvalue weighted by atomic mass is 16.5. The molecule has 1 fully saturated rings. The van der Waals surface area contributed by atoms with Crippen LogP contribution in [0, 0.1) is 5.92 Å². The predicted molar refractivity (Wildman–Crippen MR) is 85.0 cm³/mol. The van der Waals surface area contributed by atoms with Crippen molar-refractivity contribution >= 4 is 0 Å². The summed E-state index contributed by atoms with van der Waals surface area (Å²) in [6, 6.07) is 6.70. The van der Waals surface area contributed by atoms with Gasteiger partial charge in [-0.15, -0.1) is 0 Å². The van der Waals surface area contributed by atoms with Gasteiger partial charge in [0.2, 0.25) is 0 Å². The van der Waals surface area contributed by atoms with E-state index in [1.807, 2.05) is 0 Å². The van der Waals surface area contributed by atoms with Gasteiger partial charge in [-0.05, 0) is 51.6 Å². The fraction of sp³-hybridized carbons (Fsp3) is 0.667. The average Bonchev–Trinajstić information content (AvgIpc) is 3.25. The van der Waals surface area contributed by atoms with Crippen molar-refractivity contribution in [2.24, 2.45) is 5.92 Å². The van der Waals surface area contributed by atoms with Gasteiger partial charge in [0.05, 0.1) is 6.61 Å². The third-order valence-electron chi connectivity index (χ3n) is 4.27. The van der Waals surface area contributed by atoms with Crippen molar-refractivity contribution in [1.82, 2.24) is 5.32 Å². The highest BCUT2D eigenvalue weighted by molar-refractivity contribution is 5.44. The zero-order valence-electron chi connectivity index (χ0n) is 13.4. The summed E-state index contributed by atoms with van der Waals surface area (Å²) in [7, 11) is 0. The Morgan fingerprint density at radius 1 is 1.33 bits per heavy atom. The predicted octanol–water partition coefficient (Wildman–Crippen LogP) is 4.08. The molecule has 21 heavy (non-hydrogen) atoms. The summed E-state index contributed by atoms with van der Waals surface area (Å²) in [4.78, 5) is 0. The molecular formula is C18H27NO2. The molecule has 1 N–H and O–H groups in total. The zero-order valence-corrected chi connectivity index (χ0v) is 13.4. The maximum Gasteiger partial charge on any atom is 0.128 e. The van der Waals surface area contributed by atoms with Gasteiger partial charge in [-0.2, -0.15) is 0 Å². The molecule has 1 unspecified atom stereocenters. The van der Waals surface area contributed by atoms with E-state index in [-0.39, 0.29) is 5.60 Å². The van der Waals surface area contributed by atoms with Crippen LogP contribution in [0.3, 0.4) is 0 Å². The van der Waals surface area contributed by atoms with Crippen LogP contribution in [0.15, 0.2) is 18.2 Å². The van der Waals surface area contributed by atoms with Gasteiger partial charge in [-0.3, -0.25) is 0 Å². The number of ether oxygens (including phenoxy) is 2. The molecule has 1 aromatic carbocycles. The second kappa shape index (κ2) is 5.88. The SMILES string of the molecule is CCCNC1CC(C)(C)Oc2cc(OCC3CC3)ccc21. The smallest absolute Gasteiger partial charge is 0.128 e. The summed E-state index contributed by atoms with van der Waals surface area (Å²) >= 11 is 0. The minimum Gasteiger partial charge on any atom is -0.493 e. The molecule has 1 aromatic rings. The minimum atomic E-state index is -0.131. The number of fused-ring (bicyclic) bond motifs is 1. The normalized spacial score (nSPS) is 23.3. The summed E-state index contributed by atoms with van der Waals surface area (Å²) < 4.78 is 12.1. The van der Waals surface area contributed by atoms with Gasteiger partial charge >= 0.3 is 0 Å². The first-order chi connectivity index (χ1) is 10.1. The molecule has 116 valence electrons. The summed E-state index contributed by atoms with van der Waals surface area (Å²) in [6.07, 6.45) is 4.78. The van der Waals surface area contributed by atoms with Crippen LogP contribution < -0.4 is 14.8 Å². The van der Waals surface area contributed by atoms with Gasteiger partial charge in [0.1, 0.15) is 17.1 Å². The Bertz CT molecular complexity index is 494. The van der Waals surface area contributed by atoms with E-state index >= 15 is 0 Å². The van der Waals surface area contributed by atoms with Crippen LogP contribution in [0.1, 0.15) is 58.1 Å². The first-order valence-corrected chi connectivity index (χ1v) is 8.26. The molecule has 1 saturated carbocycles. The van der Waals surface area contributed by atoms with E-state index in [2.05, 4.69) is 44.3 Å². The Balaban J connectivity index is 1.77. The van der Waals surface area contributed by atoms with E-state index in [0.717, 1.165) is 43.4 Å². The van der Waals surface area contributed by atoms with Crippen LogP contribution in [0.4, 0.5) is 0 Å². The molecule has 3 rings (SSSR count). The molecule has 1 atom stereocenters. The molecule has 0 bridgehead atoms. The summed E-state index contributed by atoms with van der Waals surface area (Å²) in [6.45, 7) is 8.41. The van der Waals surface area contributed by atoms with Crippen LogP contribution >= 0.6 is 0 Å². The quantitative estimate of drug-likeness (QED) is 0.856. The maximum absolute atomic E-state index is 6.17. The van der Waals surface area contributed by atoms with Gasteiger partial charge in [0, 0.05) is 24.1 Å². The highest BCUT2D eigenvalue weighted by Crippen LogP contribution is 2.41. The largest absolute Gasteiger partial charge is 0.493 e. The minimum absolute atomic E-state index is 0.131. The number of hydrogen-bond donors (Lipinski definition) is 1. The lowest BCUT2D eigenvalue weighted by molar-refractivity contribution is 0.0657. The lowest BCUT2D eigenvalue weighted by atomic mass is 9.89. The van der Waals surface area contributed by atoms with Crippen LogP contribution in [0.2, 0.25) is 0 Å². The molecule has 3 heteroatoms. The second-order valence-electron chi connectivity index (χ2n) is 7.03. The molecule has 3 nitrogen and oxygen atoms in total. The monoisotopic (exact) mass is 289 g/mol. The molecule has 1 aliphatic heterocycles. The summed E-state index contributed by atoms with van der Waals surface area (Å²) in [5.74, 6) is 2.69. The van der Waals surface area contributed by atoms with Gasteiger partial charge in [-0.1, -0.05) is 13.0 Å². The van der Waals surface area contributed by atoms with Crippen molar-refractivity contribution < 1.29 is 9.47 Å². The summed E-state index contributed by atoms with van der Waals surface area (Å²) in [5.41, 5.74) is 1.13. The van der Waals surface area contributed by atoms with Crippen molar-refractivity contribution in [3.63, 3.8) is 0 Å². The Morgan fingerprint density at radius 3 is 2.86 bits per heavy atom. The number of nitrogens with one attached hydrogen (secondary N) is 1. The number of benzene rings is 1. The molecule has 1 heterocycles. The van der Waals surface area contributed by atoms with E-state index in [1.165, 1.54) is 18.4 Å². The van der Waals surface area contributed by atoms with E-state index < -0.39 is 0 Å². The fourth-order valence-electron chi connectivity index (χ4n) is 2.92. The number of rotatable bonds is 6. The van der Waals surface area contributed by atoms with E-state index in [9.17, 15) is 0 Å². The van der Waals surface area contributed by atoms with Gasteiger partial charge in [0.15, 0.2) is 0 Å². The molecule has 1 aliphatic carbocycles. The zero-order chi connectivity index (χ0) is 14.9. The number of hydrogen-bond acceptors (Lipinski definition) is 3. The van der Waals surface area contributed by atoms with Crippen molar-refractivity contribution in [3.8, 4) is 11.5 Å². The first kappa shape index (κ1) is 14.7. The van der Waals surface area contributed by atoms with Crippen molar-refractivity contribution in [3.05, 3.63) is 23.8 Å². The van der Waals surface area contributed by atoms with E-state index in [4.69, 9.17) is 9.47 Å². The van der Waals surface area contributed by atoms with Crippen LogP contribution in [0.5, 0.6) is 11.5 Å². The van der Waals surface area contributed by atoms with Gasteiger partial charge < -0.3 is 14.8 Å². The van der Waals surface area contributed by atoms with E-state index in [0.29, 0.717) is 6.04 Å². The third kappa shape index (κ3) is 3.70. The van der Waals surface area contributed by atoms with Crippen LogP contribution in [-0.2, 0) is 0 Å². The molecule has 0 aromatic heterocycles. The lowest BCUT2D eigenvalue weighted by Crippen LogP contribution is -2.39. The maximum atomic E-state index is 6.17. The molecule has 2 aliphatic rings. The fourth-order valence-corrected chi connectivity index (χ4v) is 2.92. The first-order valence-electron chi connectivity index (χ1n) is 8.26. The molecule has 0 saturated heterocycles. The molecule has 0 amide bonds. The van der Waals surface area contributed by atoms with Gasteiger partial charge in [0.25, 0.3) is 0 Å². The topological polar surface area (TPSA) is 30.5 Å². The Kier molecular flexibility index (Phi) is 4.12. The summed E-state index contributed by atoms with van der Waals surface area (Å²) in [5, 5.41) is 3.64. The van der Waals surface area contributed by atoms with Crippen molar-refractivity contribution in [2.75, 3.05) is 13.2 Å².